The second-order valence-corrected chi connectivity index (χ2v) is 7.72. The molecule has 2 N–H and O–H groups in total. The third-order valence-corrected chi connectivity index (χ3v) is 6.46. The zero-order valence-electron chi connectivity index (χ0n) is 14.6. The van der Waals surface area contributed by atoms with Gasteiger partial charge in [0.1, 0.15) is 5.69 Å². The van der Waals surface area contributed by atoms with Crippen LogP contribution in [0.5, 0.6) is 0 Å². The van der Waals surface area contributed by atoms with E-state index >= 15 is 0 Å². The molecule has 0 saturated carbocycles. The molecule has 4 aliphatic rings. The molecule has 0 aliphatic carbocycles. The molecule has 1 aromatic carbocycles. The molecule has 0 spiro atoms. The molecule has 0 unspecified atom stereocenters. The Morgan fingerprint density at radius 2 is 1.93 bits per heavy atom. The van der Waals surface area contributed by atoms with Crippen LogP contribution in [0.4, 0.5) is 8.78 Å². The molecule has 1 amide bonds. The molecule has 2 bridgehead atoms. The smallest absolute Gasteiger partial charge is 0.323 e. The number of hydrogen-bond acceptors (Lipinski definition) is 3. The van der Waals surface area contributed by atoms with Crippen LogP contribution < -0.4 is 5.69 Å². The van der Waals surface area contributed by atoms with Crippen molar-refractivity contribution in [2.75, 3.05) is 19.6 Å². The fourth-order valence-electron chi connectivity index (χ4n) is 5.34. The number of piperidine rings is 3. The fourth-order valence-corrected chi connectivity index (χ4v) is 5.34. The van der Waals surface area contributed by atoms with Gasteiger partial charge < -0.3 is 14.9 Å². The van der Waals surface area contributed by atoms with E-state index in [9.17, 15) is 18.4 Å². The number of aromatic amines is 2. The fraction of sp³-hybridized carbons (Fsp3) is 0.474. The Labute approximate surface area is 154 Å². The van der Waals surface area contributed by atoms with Crippen LogP contribution in [0.2, 0.25) is 0 Å². The summed E-state index contributed by atoms with van der Waals surface area (Å²) in [6.07, 6.45) is 3.36. The van der Waals surface area contributed by atoms with Gasteiger partial charge in [-0.3, -0.25) is 9.69 Å². The van der Waals surface area contributed by atoms with Crippen molar-refractivity contribution < 1.29 is 13.6 Å². The minimum Gasteiger partial charge on any atom is -0.332 e. The Balaban J connectivity index is 1.57. The molecule has 2 aromatic rings. The molecule has 5 heterocycles. The molecule has 0 radical (unpaired) electrons. The zero-order chi connectivity index (χ0) is 18.7. The Hall–Kier alpha value is -2.48. The molecule has 4 saturated heterocycles. The summed E-state index contributed by atoms with van der Waals surface area (Å²) in [6, 6.07) is 4.18. The van der Waals surface area contributed by atoms with Crippen LogP contribution in [0, 0.1) is 17.6 Å². The van der Waals surface area contributed by atoms with Gasteiger partial charge in [-0.05, 0) is 43.5 Å². The molecule has 6 rings (SSSR count). The molecule has 4 fully saturated rings. The van der Waals surface area contributed by atoms with Crippen molar-refractivity contribution in [3.05, 3.63) is 57.8 Å². The Morgan fingerprint density at radius 3 is 2.63 bits per heavy atom. The first-order chi connectivity index (χ1) is 13.0. The number of aromatic nitrogens is 2. The second-order valence-electron chi connectivity index (χ2n) is 7.72. The van der Waals surface area contributed by atoms with Crippen LogP contribution in [-0.4, -0.2) is 57.4 Å². The van der Waals surface area contributed by atoms with E-state index in [1.54, 1.807) is 11.0 Å². The van der Waals surface area contributed by atoms with Gasteiger partial charge >= 0.3 is 5.69 Å². The van der Waals surface area contributed by atoms with Gasteiger partial charge in [0.05, 0.1) is 6.04 Å². The number of imidazole rings is 1. The standard InChI is InChI=1S/C19H20F2N4O2/c20-13-3-1-2-11(15(13)21)12-9-25(18(26)14-8-22-19(27)23-14)16-10-4-6-24(7-5-10)17(12)16/h1-3,8,10,12,16-17H,4-7,9H2,(H2,22,23,27)/t12-,16+,17+/m0/s1. The van der Waals surface area contributed by atoms with Crippen LogP contribution in [0.3, 0.4) is 0 Å². The number of nitrogens with zero attached hydrogens (tertiary/aromatic N) is 2. The maximum absolute atomic E-state index is 14.6. The van der Waals surface area contributed by atoms with Crippen molar-refractivity contribution in [2.45, 2.75) is 30.8 Å². The van der Waals surface area contributed by atoms with Gasteiger partial charge in [-0.2, -0.15) is 0 Å². The molecule has 4 aliphatic heterocycles. The first-order valence-corrected chi connectivity index (χ1v) is 9.31. The van der Waals surface area contributed by atoms with Crippen molar-refractivity contribution in [1.29, 1.82) is 0 Å². The van der Waals surface area contributed by atoms with Gasteiger partial charge in [0, 0.05) is 24.7 Å². The number of amides is 1. The molecule has 1 aromatic heterocycles. The van der Waals surface area contributed by atoms with Gasteiger partial charge in [-0.15, -0.1) is 0 Å². The van der Waals surface area contributed by atoms with E-state index in [0.717, 1.165) is 32.0 Å². The number of H-pyrrole nitrogens is 2. The number of likely N-dealkylation sites (tertiary alicyclic amines) is 1. The number of carbonyl (C=O) groups excluding carboxylic acids is 1. The lowest BCUT2D eigenvalue weighted by Crippen LogP contribution is -2.60. The van der Waals surface area contributed by atoms with Gasteiger partial charge in [-0.25, -0.2) is 13.6 Å². The number of benzene rings is 1. The first-order valence-electron chi connectivity index (χ1n) is 9.31. The summed E-state index contributed by atoms with van der Waals surface area (Å²) in [7, 11) is 0. The van der Waals surface area contributed by atoms with Gasteiger partial charge in [0.15, 0.2) is 11.6 Å². The van der Waals surface area contributed by atoms with E-state index < -0.39 is 17.3 Å². The number of fused-ring (bicyclic) bond motifs is 2. The highest BCUT2D eigenvalue weighted by Crippen LogP contribution is 2.47. The Kier molecular flexibility index (Phi) is 3.72. The van der Waals surface area contributed by atoms with Crippen molar-refractivity contribution in [3.8, 4) is 0 Å². The highest BCUT2D eigenvalue weighted by molar-refractivity contribution is 5.92. The highest BCUT2D eigenvalue weighted by atomic mass is 19.2. The number of hydrogen-bond donors (Lipinski definition) is 2. The summed E-state index contributed by atoms with van der Waals surface area (Å²) < 4.78 is 28.4. The summed E-state index contributed by atoms with van der Waals surface area (Å²) in [5.41, 5.74) is 0.0988. The van der Waals surface area contributed by atoms with Gasteiger partial charge in [0.2, 0.25) is 0 Å². The maximum Gasteiger partial charge on any atom is 0.323 e. The predicted octanol–water partition coefficient (Wildman–Crippen LogP) is 1.68. The third kappa shape index (κ3) is 2.46. The van der Waals surface area contributed by atoms with Crippen LogP contribution in [0.25, 0.3) is 0 Å². The highest BCUT2D eigenvalue weighted by Gasteiger charge is 2.55. The quantitative estimate of drug-likeness (QED) is 0.840. The van der Waals surface area contributed by atoms with Crippen molar-refractivity contribution >= 4 is 5.91 Å². The average molecular weight is 374 g/mol. The largest absolute Gasteiger partial charge is 0.332 e. The molecule has 27 heavy (non-hydrogen) atoms. The second kappa shape index (κ2) is 6.02. The van der Waals surface area contributed by atoms with E-state index in [0.29, 0.717) is 18.0 Å². The molecule has 6 nitrogen and oxygen atoms in total. The monoisotopic (exact) mass is 374 g/mol. The average Bonchev–Trinajstić information content (AvgIpc) is 3.30. The molecular weight excluding hydrogens is 354 g/mol. The lowest BCUT2D eigenvalue weighted by Gasteiger charge is -2.51. The van der Waals surface area contributed by atoms with E-state index in [1.807, 2.05) is 0 Å². The van der Waals surface area contributed by atoms with Crippen LogP contribution in [0.15, 0.2) is 29.2 Å². The molecular formula is C19H20F2N4O2. The summed E-state index contributed by atoms with van der Waals surface area (Å²) in [5.74, 6) is -1.90. The van der Waals surface area contributed by atoms with E-state index in [1.165, 1.54) is 12.3 Å². The lowest BCUT2D eigenvalue weighted by molar-refractivity contribution is -0.00375. The molecule has 3 atom stereocenters. The number of nitrogens with one attached hydrogen (secondary N) is 2. The van der Waals surface area contributed by atoms with Crippen molar-refractivity contribution in [3.63, 3.8) is 0 Å². The first kappa shape index (κ1) is 16.7. The predicted molar refractivity (Wildman–Crippen MR) is 93.4 cm³/mol. The Bertz CT molecular complexity index is 947. The van der Waals surface area contributed by atoms with Crippen LogP contribution in [0.1, 0.15) is 34.8 Å². The Morgan fingerprint density at radius 1 is 1.15 bits per heavy atom. The van der Waals surface area contributed by atoms with Crippen LogP contribution >= 0.6 is 0 Å². The minimum absolute atomic E-state index is 0.0246. The van der Waals surface area contributed by atoms with Crippen molar-refractivity contribution in [1.82, 2.24) is 19.8 Å². The van der Waals surface area contributed by atoms with Gasteiger partial charge in [-0.1, -0.05) is 12.1 Å². The third-order valence-electron chi connectivity index (χ3n) is 6.46. The van der Waals surface area contributed by atoms with Crippen LogP contribution in [-0.2, 0) is 0 Å². The summed E-state index contributed by atoms with van der Waals surface area (Å²) >= 11 is 0. The zero-order valence-corrected chi connectivity index (χ0v) is 14.6. The number of rotatable bonds is 2. The van der Waals surface area contributed by atoms with Gasteiger partial charge in [0.25, 0.3) is 5.91 Å². The number of halogens is 2. The lowest BCUT2D eigenvalue weighted by atomic mass is 9.75. The summed E-state index contributed by atoms with van der Waals surface area (Å²) in [5, 5.41) is 0. The topological polar surface area (TPSA) is 72.2 Å². The van der Waals surface area contributed by atoms with E-state index in [2.05, 4.69) is 14.9 Å². The molecule has 142 valence electrons. The maximum atomic E-state index is 14.6. The number of carbonyl (C=O) groups is 1. The van der Waals surface area contributed by atoms with E-state index in [4.69, 9.17) is 0 Å². The normalized spacial score (nSPS) is 31.9. The van der Waals surface area contributed by atoms with Crippen molar-refractivity contribution in [2.24, 2.45) is 5.92 Å². The summed E-state index contributed by atoms with van der Waals surface area (Å²) in [4.78, 5) is 33.5. The SMILES string of the molecule is O=C(c1c[nH]c(=O)[nH]1)N1C[C@@H](c2cccc(F)c2F)[C@@H]2[C@H]1C1CCN2CC1. The molecule has 8 heteroatoms. The van der Waals surface area contributed by atoms with E-state index in [-0.39, 0.29) is 29.6 Å². The summed E-state index contributed by atoms with van der Waals surface area (Å²) in [6.45, 7) is 2.15. The minimum atomic E-state index is -0.861.